The van der Waals surface area contributed by atoms with Crippen LogP contribution in [0.5, 0.6) is 0 Å². The lowest BCUT2D eigenvalue weighted by Crippen LogP contribution is -2.49. The Hall–Kier alpha value is -0.530. The number of carbonyl (C=O) groups excluding carboxylic acids is 1. The molecule has 0 spiro atoms. The Kier molecular flexibility index (Phi) is 83.3. The molecule has 0 aliphatic rings. The first-order valence-corrected chi connectivity index (χ1v) is 47.7. The Morgan fingerprint density at radius 2 is 0.286 bits per heavy atom. The number of hydrogen-bond donors (Lipinski definition) is 0. The average Bonchev–Trinajstić information content (AvgIpc) is 0.756. The summed E-state index contributed by atoms with van der Waals surface area (Å²) in [6, 6.07) is 0. The van der Waals surface area contributed by atoms with Gasteiger partial charge in [-0.2, -0.15) is 0 Å². The van der Waals surface area contributed by atoms with E-state index in [1.54, 1.807) is 0 Å². The number of carbonyl (C=O) groups is 1. The first-order chi connectivity index (χ1) is 48.5. The summed E-state index contributed by atoms with van der Waals surface area (Å²) in [6.45, 7) is 14.7. The highest BCUT2D eigenvalue weighted by Crippen LogP contribution is 2.57. The first-order valence-electron chi connectivity index (χ1n) is 47.7. The standard InChI is InChI=1S/C96H192O2/c1-7-13-19-25-31-37-43-47-50-52-53-55-58-63-69-75-81-87-93-98-94(97)96(91-85-79-73-67-61-56-49-45-39-33-27-21-15-9-3,92-86-80-74-68-62-57-54-51-48-44-38-32-26-20-14-8-2)95(88-82-76-70-64-42-36-30-24-18-12-6,89-83-77-71-65-59-41-35-29-23-17-11-5)90-84-78-72-66-60-46-40-34-28-22-16-10-4/h7-93H2,1-6H3. The van der Waals surface area contributed by atoms with Crippen molar-refractivity contribution in [3.8, 4) is 0 Å². The van der Waals surface area contributed by atoms with E-state index in [0.717, 1.165) is 19.3 Å². The van der Waals surface area contributed by atoms with Crippen molar-refractivity contribution in [2.75, 3.05) is 6.61 Å². The van der Waals surface area contributed by atoms with E-state index >= 15 is 4.79 Å². The van der Waals surface area contributed by atoms with Gasteiger partial charge in [0, 0.05) is 0 Å². The molecule has 0 aliphatic carbocycles. The van der Waals surface area contributed by atoms with Gasteiger partial charge in [-0.25, -0.2) is 0 Å². The molecule has 0 saturated carbocycles. The molecule has 0 saturated heterocycles. The van der Waals surface area contributed by atoms with E-state index in [9.17, 15) is 0 Å². The third-order valence-corrected chi connectivity index (χ3v) is 24.3. The normalized spacial score (nSPS) is 13.1. The van der Waals surface area contributed by atoms with Crippen molar-refractivity contribution in [2.24, 2.45) is 10.8 Å². The van der Waals surface area contributed by atoms with Crippen molar-refractivity contribution in [1.82, 2.24) is 0 Å². The predicted octanol–water partition coefficient (Wildman–Crippen LogP) is 36.2. The highest BCUT2D eigenvalue weighted by atomic mass is 16.5. The van der Waals surface area contributed by atoms with Gasteiger partial charge in [0.25, 0.3) is 0 Å². The summed E-state index contributed by atoms with van der Waals surface area (Å²) in [6.07, 6.45) is 119. The largest absolute Gasteiger partial charge is 0.465 e. The summed E-state index contributed by atoms with van der Waals surface area (Å²) < 4.78 is 7.07. The molecule has 2 heteroatoms. The van der Waals surface area contributed by atoms with E-state index in [2.05, 4.69) is 41.5 Å². The molecule has 0 aliphatic heterocycles. The molecule has 0 aromatic heterocycles. The lowest BCUT2D eigenvalue weighted by molar-refractivity contribution is -0.171. The summed E-state index contributed by atoms with van der Waals surface area (Å²) >= 11 is 0. The molecule has 0 aromatic carbocycles. The molecule has 2 atom stereocenters. The molecular formula is C96H192O2. The van der Waals surface area contributed by atoms with E-state index < -0.39 is 0 Å². The molecule has 0 N–H and O–H groups in total. The van der Waals surface area contributed by atoms with Crippen LogP contribution in [0.15, 0.2) is 0 Å². The van der Waals surface area contributed by atoms with E-state index in [-0.39, 0.29) is 10.8 Å². The highest BCUT2D eigenvalue weighted by molar-refractivity contribution is 5.78. The van der Waals surface area contributed by atoms with Crippen molar-refractivity contribution < 1.29 is 9.53 Å². The van der Waals surface area contributed by atoms with Crippen LogP contribution in [0.1, 0.15) is 594 Å². The van der Waals surface area contributed by atoms with Gasteiger partial charge >= 0.3 is 5.97 Å². The first kappa shape index (κ1) is 97.5. The van der Waals surface area contributed by atoms with Crippen molar-refractivity contribution in [2.45, 2.75) is 594 Å². The summed E-state index contributed by atoms with van der Waals surface area (Å²) in [5, 5.41) is 0. The van der Waals surface area contributed by atoms with Gasteiger partial charge in [-0.1, -0.05) is 555 Å². The second-order valence-electron chi connectivity index (χ2n) is 33.8. The zero-order valence-electron chi connectivity index (χ0n) is 69.8. The number of unbranched alkanes of at least 4 members (excludes halogenated alkanes) is 75. The second kappa shape index (κ2) is 83.7. The fourth-order valence-electron chi connectivity index (χ4n) is 17.5. The Balaban J connectivity index is 6.83. The molecular weight excluding hydrogens is 1190 g/mol. The minimum atomic E-state index is -0.357. The Morgan fingerprint density at radius 3 is 0.439 bits per heavy atom. The summed E-state index contributed by atoms with van der Waals surface area (Å²) in [4.78, 5) is 16.3. The zero-order valence-corrected chi connectivity index (χ0v) is 69.8. The van der Waals surface area contributed by atoms with Crippen LogP contribution in [0, 0.1) is 10.8 Å². The minimum absolute atomic E-state index is 0.0436. The van der Waals surface area contributed by atoms with Crippen molar-refractivity contribution in [3.05, 3.63) is 0 Å². The molecule has 98 heavy (non-hydrogen) atoms. The summed E-state index contributed by atoms with van der Waals surface area (Å²) in [5.74, 6) is 0.300. The van der Waals surface area contributed by atoms with Gasteiger partial charge in [-0.15, -0.1) is 0 Å². The molecule has 0 bridgehead atoms. The molecule has 0 heterocycles. The van der Waals surface area contributed by atoms with Crippen molar-refractivity contribution >= 4 is 5.97 Å². The average molecular weight is 1380 g/mol. The Morgan fingerprint density at radius 1 is 0.163 bits per heavy atom. The topological polar surface area (TPSA) is 26.3 Å². The molecule has 588 valence electrons. The molecule has 0 fully saturated rings. The Bertz CT molecular complexity index is 1440. The van der Waals surface area contributed by atoms with Gasteiger partial charge in [0.1, 0.15) is 0 Å². The number of esters is 1. The van der Waals surface area contributed by atoms with Gasteiger partial charge in [0.2, 0.25) is 0 Å². The summed E-state index contributed by atoms with van der Waals surface area (Å²) in [7, 11) is 0. The van der Waals surface area contributed by atoms with E-state index in [0.29, 0.717) is 12.6 Å². The van der Waals surface area contributed by atoms with Crippen LogP contribution in [0.2, 0.25) is 0 Å². The fraction of sp³-hybridized carbons (Fsp3) is 0.990. The van der Waals surface area contributed by atoms with Gasteiger partial charge in [-0.3, -0.25) is 4.79 Å². The maximum absolute atomic E-state index is 16.3. The van der Waals surface area contributed by atoms with Crippen LogP contribution >= 0.6 is 0 Å². The van der Waals surface area contributed by atoms with Crippen LogP contribution in [0.3, 0.4) is 0 Å². The number of ether oxygens (including phenoxy) is 1. The third-order valence-electron chi connectivity index (χ3n) is 24.3. The second-order valence-corrected chi connectivity index (χ2v) is 33.8. The monoisotopic (exact) mass is 1380 g/mol. The van der Waals surface area contributed by atoms with Crippen LogP contribution in [-0.4, -0.2) is 12.6 Å². The van der Waals surface area contributed by atoms with Crippen LogP contribution in [0.25, 0.3) is 0 Å². The van der Waals surface area contributed by atoms with Crippen LogP contribution < -0.4 is 0 Å². The minimum Gasteiger partial charge on any atom is -0.465 e. The maximum Gasteiger partial charge on any atom is 0.312 e. The van der Waals surface area contributed by atoms with E-state index in [1.807, 2.05) is 0 Å². The smallest absolute Gasteiger partial charge is 0.312 e. The van der Waals surface area contributed by atoms with E-state index in [1.165, 1.54) is 533 Å². The van der Waals surface area contributed by atoms with Gasteiger partial charge in [0.15, 0.2) is 0 Å². The molecule has 0 radical (unpaired) electrons. The van der Waals surface area contributed by atoms with Gasteiger partial charge < -0.3 is 4.74 Å². The van der Waals surface area contributed by atoms with Crippen LogP contribution in [-0.2, 0) is 9.53 Å². The van der Waals surface area contributed by atoms with Crippen LogP contribution in [0.4, 0.5) is 0 Å². The maximum atomic E-state index is 16.3. The molecule has 2 unspecified atom stereocenters. The predicted molar refractivity (Wildman–Crippen MR) is 447 cm³/mol. The molecule has 0 rings (SSSR count). The Labute approximate surface area is 623 Å². The quantitative estimate of drug-likeness (QED) is 0.0448. The molecule has 2 nitrogen and oxygen atoms in total. The SMILES string of the molecule is CCCCCCCCCCCCCCCCCCCCOC(=O)C(CCCCCCCCCCCCCCCC)(CCCCCCCCCCCCCCCCCC)C(CCCCCCCCCCCC)(CCCCCCCCCCCCC)CCCCCCCCCCCCCC. The lowest BCUT2D eigenvalue weighted by atomic mass is 9.53. The molecule has 0 aromatic rings. The number of hydrogen-bond acceptors (Lipinski definition) is 2. The zero-order chi connectivity index (χ0) is 70.8. The highest BCUT2D eigenvalue weighted by Gasteiger charge is 2.55. The lowest BCUT2D eigenvalue weighted by Gasteiger charge is -2.51. The van der Waals surface area contributed by atoms with Gasteiger partial charge in [0.05, 0.1) is 12.0 Å². The van der Waals surface area contributed by atoms with Crippen molar-refractivity contribution in [1.29, 1.82) is 0 Å². The van der Waals surface area contributed by atoms with E-state index in [4.69, 9.17) is 4.74 Å². The van der Waals surface area contributed by atoms with Gasteiger partial charge in [-0.05, 0) is 43.9 Å². The third kappa shape index (κ3) is 66.2. The molecule has 0 amide bonds. The summed E-state index contributed by atoms with van der Waals surface area (Å²) in [5.41, 5.74) is -0.314. The van der Waals surface area contributed by atoms with Crippen molar-refractivity contribution in [3.63, 3.8) is 0 Å². The fourth-order valence-corrected chi connectivity index (χ4v) is 17.5. The number of rotatable bonds is 89.